The summed E-state index contributed by atoms with van der Waals surface area (Å²) in [5, 5.41) is 9.72. The molecule has 84 valence electrons. The molecule has 1 heterocycles. The van der Waals surface area contributed by atoms with Gasteiger partial charge in [-0.2, -0.15) is 0 Å². The maximum atomic E-state index is 9.72. The van der Waals surface area contributed by atoms with E-state index in [1.807, 2.05) is 13.8 Å². The molecule has 2 atom stereocenters. The highest BCUT2D eigenvalue weighted by molar-refractivity contribution is 4.82. The number of nitrogens with two attached hydrogens (primary N) is 1. The lowest BCUT2D eigenvalue weighted by atomic mass is 9.86. The molecule has 3 nitrogen and oxygen atoms in total. The molecule has 1 rings (SSSR count). The van der Waals surface area contributed by atoms with Gasteiger partial charge in [0.15, 0.2) is 0 Å². The van der Waals surface area contributed by atoms with Gasteiger partial charge in [0.25, 0.3) is 0 Å². The fourth-order valence-corrected chi connectivity index (χ4v) is 2.22. The van der Waals surface area contributed by atoms with E-state index >= 15 is 0 Å². The first kappa shape index (κ1) is 12.0. The molecule has 3 heteroatoms. The van der Waals surface area contributed by atoms with Gasteiger partial charge in [0.2, 0.25) is 0 Å². The standard InChI is InChI=1S/C11H24N2O/c1-9-4-5-13(7-10(9)6-12)8-11(2,3)14/h9-10,14H,4-8,12H2,1-3H3. The van der Waals surface area contributed by atoms with E-state index in [0.717, 1.165) is 32.1 Å². The lowest BCUT2D eigenvalue weighted by Crippen LogP contribution is -2.47. The largest absolute Gasteiger partial charge is 0.389 e. The van der Waals surface area contributed by atoms with Crippen LogP contribution in [0, 0.1) is 11.8 Å². The van der Waals surface area contributed by atoms with Gasteiger partial charge in [-0.25, -0.2) is 0 Å². The smallest absolute Gasteiger partial charge is 0.0718 e. The molecular formula is C11H24N2O. The Morgan fingerprint density at radius 2 is 2.14 bits per heavy atom. The van der Waals surface area contributed by atoms with E-state index in [1.165, 1.54) is 6.42 Å². The molecule has 0 aromatic rings. The lowest BCUT2D eigenvalue weighted by Gasteiger charge is -2.39. The van der Waals surface area contributed by atoms with Gasteiger partial charge in [0.1, 0.15) is 0 Å². The fraction of sp³-hybridized carbons (Fsp3) is 1.00. The maximum absolute atomic E-state index is 9.72. The summed E-state index contributed by atoms with van der Waals surface area (Å²) >= 11 is 0. The predicted molar refractivity (Wildman–Crippen MR) is 59.1 cm³/mol. The van der Waals surface area contributed by atoms with Crippen LogP contribution in [-0.4, -0.2) is 41.8 Å². The van der Waals surface area contributed by atoms with E-state index in [-0.39, 0.29) is 0 Å². The molecule has 0 saturated carbocycles. The first-order chi connectivity index (χ1) is 6.42. The molecule has 1 saturated heterocycles. The zero-order valence-corrected chi connectivity index (χ0v) is 9.66. The van der Waals surface area contributed by atoms with E-state index in [9.17, 15) is 5.11 Å². The van der Waals surface area contributed by atoms with E-state index < -0.39 is 5.60 Å². The van der Waals surface area contributed by atoms with Gasteiger partial charge in [0, 0.05) is 13.1 Å². The van der Waals surface area contributed by atoms with Crippen LogP contribution >= 0.6 is 0 Å². The summed E-state index contributed by atoms with van der Waals surface area (Å²) in [5.41, 5.74) is 5.15. The highest BCUT2D eigenvalue weighted by Crippen LogP contribution is 2.23. The summed E-state index contributed by atoms with van der Waals surface area (Å²) in [6, 6.07) is 0. The van der Waals surface area contributed by atoms with Gasteiger partial charge >= 0.3 is 0 Å². The second kappa shape index (κ2) is 4.60. The third-order valence-corrected chi connectivity index (χ3v) is 3.11. The zero-order valence-electron chi connectivity index (χ0n) is 9.66. The zero-order chi connectivity index (χ0) is 10.8. The monoisotopic (exact) mass is 200 g/mol. The predicted octanol–water partition coefficient (Wildman–Crippen LogP) is 0.674. The third kappa shape index (κ3) is 3.56. The van der Waals surface area contributed by atoms with E-state index in [1.54, 1.807) is 0 Å². The van der Waals surface area contributed by atoms with Crippen molar-refractivity contribution in [1.82, 2.24) is 4.90 Å². The van der Waals surface area contributed by atoms with Crippen LogP contribution in [0.1, 0.15) is 27.2 Å². The quantitative estimate of drug-likeness (QED) is 0.704. The molecule has 0 amide bonds. The molecule has 1 aliphatic rings. The number of hydrogen-bond donors (Lipinski definition) is 2. The van der Waals surface area contributed by atoms with Gasteiger partial charge in [-0.1, -0.05) is 6.92 Å². The minimum Gasteiger partial charge on any atom is -0.389 e. The first-order valence-electron chi connectivity index (χ1n) is 5.57. The van der Waals surface area contributed by atoms with Crippen LogP contribution in [-0.2, 0) is 0 Å². The van der Waals surface area contributed by atoms with Crippen LogP contribution in [0.3, 0.4) is 0 Å². The van der Waals surface area contributed by atoms with Crippen LogP contribution in [0.15, 0.2) is 0 Å². The minimum atomic E-state index is -0.584. The summed E-state index contributed by atoms with van der Waals surface area (Å²) in [7, 11) is 0. The topological polar surface area (TPSA) is 49.5 Å². The molecular weight excluding hydrogens is 176 g/mol. The Hall–Kier alpha value is -0.120. The number of likely N-dealkylation sites (tertiary alicyclic amines) is 1. The van der Waals surface area contributed by atoms with E-state index in [2.05, 4.69) is 11.8 Å². The van der Waals surface area contributed by atoms with E-state index in [4.69, 9.17) is 5.73 Å². The SMILES string of the molecule is CC1CCN(CC(C)(C)O)CC1CN. The maximum Gasteiger partial charge on any atom is 0.0718 e. The average molecular weight is 200 g/mol. The van der Waals surface area contributed by atoms with Crippen LogP contribution in [0.4, 0.5) is 0 Å². The third-order valence-electron chi connectivity index (χ3n) is 3.11. The Bertz CT molecular complexity index is 177. The molecule has 0 radical (unpaired) electrons. The van der Waals surface area contributed by atoms with Gasteiger partial charge < -0.3 is 15.7 Å². The van der Waals surface area contributed by atoms with Gasteiger partial charge in [-0.05, 0) is 45.2 Å². The molecule has 0 aromatic carbocycles. The van der Waals surface area contributed by atoms with E-state index in [0.29, 0.717) is 5.92 Å². The summed E-state index contributed by atoms with van der Waals surface area (Å²) in [5.74, 6) is 1.34. The Kier molecular flexibility index (Phi) is 3.93. The second-order valence-corrected chi connectivity index (χ2v) is 5.31. The lowest BCUT2D eigenvalue weighted by molar-refractivity contribution is 0.0137. The Labute approximate surface area is 87.3 Å². The average Bonchev–Trinajstić information content (AvgIpc) is 2.06. The number of β-amino-alcohol motifs (C(OH)–C–C–N with tert-alkyl or cyclic N) is 1. The molecule has 1 aliphatic heterocycles. The molecule has 3 N–H and O–H groups in total. The molecule has 0 bridgehead atoms. The number of hydrogen-bond acceptors (Lipinski definition) is 3. The number of aliphatic hydroxyl groups is 1. The van der Waals surface area contributed by atoms with Crippen molar-refractivity contribution >= 4 is 0 Å². The van der Waals surface area contributed by atoms with Crippen LogP contribution in [0.2, 0.25) is 0 Å². The highest BCUT2D eigenvalue weighted by Gasteiger charge is 2.27. The van der Waals surface area contributed by atoms with Crippen molar-refractivity contribution < 1.29 is 5.11 Å². The van der Waals surface area contributed by atoms with Crippen molar-refractivity contribution in [2.45, 2.75) is 32.8 Å². The number of piperidine rings is 1. The van der Waals surface area contributed by atoms with Crippen LogP contribution < -0.4 is 5.73 Å². The number of rotatable bonds is 3. The van der Waals surface area contributed by atoms with Crippen molar-refractivity contribution in [2.75, 3.05) is 26.2 Å². The van der Waals surface area contributed by atoms with Crippen molar-refractivity contribution in [3.05, 3.63) is 0 Å². The second-order valence-electron chi connectivity index (χ2n) is 5.31. The normalized spacial score (nSPS) is 30.6. The molecule has 0 spiro atoms. The fourth-order valence-electron chi connectivity index (χ4n) is 2.22. The molecule has 1 fully saturated rings. The molecule has 14 heavy (non-hydrogen) atoms. The van der Waals surface area contributed by atoms with Crippen molar-refractivity contribution in [2.24, 2.45) is 17.6 Å². The molecule has 2 unspecified atom stereocenters. The van der Waals surface area contributed by atoms with Crippen LogP contribution in [0.25, 0.3) is 0 Å². The number of nitrogens with zero attached hydrogens (tertiary/aromatic N) is 1. The summed E-state index contributed by atoms with van der Waals surface area (Å²) < 4.78 is 0. The Morgan fingerprint density at radius 1 is 1.50 bits per heavy atom. The van der Waals surface area contributed by atoms with Gasteiger partial charge in [-0.3, -0.25) is 0 Å². The minimum absolute atomic E-state index is 0.584. The van der Waals surface area contributed by atoms with Crippen LogP contribution in [0.5, 0.6) is 0 Å². The van der Waals surface area contributed by atoms with Crippen molar-refractivity contribution in [3.8, 4) is 0 Å². The summed E-state index contributed by atoms with van der Waals surface area (Å²) in [4.78, 5) is 2.33. The molecule has 0 aromatic heterocycles. The summed E-state index contributed by atoms with van der Waals surface area (Å²) in [6.45, 7) is 9.67. The molecule has 0 aliphatic carbocycles. The first-order valence-corrected chi connectivity index (χ1v) is 5.57. The highest BCUT2D eigenvalue weighted by atomic mass is 16.3. The van der Waals surface area contributed by atoms with Gasteiger partial charge in [-0.15, -0.1) is 0 Å². The van der Waals surface area contributed by atoms with Gasteiger partial charge in [0.05, 0.1) is 5.60 Å². The summed E-state index contributed by atoms with van der Waals surface area (Å²) in [6.07, 6.45) is 1.21. The van der Waals surface area contributed by atoms with Crippen molar-refractivity contribution in [3.63, 3.8) is 0 Å². The Balaban J connectivity index is 2.43. The Morgan fingerprint density at radius 3 is 2.64 bits per heavy atom. The van der Waals surface area contributed by atoms with Crippen molar-refractivity contribution in [1.29, 1.82) is 0 Å².